The fourth-order valence-electron chi connectivity index (χ4n) is 1.53. The van der Waals surface area contributed by atoms with E-state index in [0.717, 1.165) is 5.56 Å². The predicted molar refractivity (Wildman–Crippen MR) is 64.6 cm³/mol. The van der Waals surface area contributed by atoms with E-state index in [2.05, 4.69) is 0 Å². The van der Waals surface area contributed by atoms with E-state index in [1.165, 1.54) is 5.56 Å². The number of carboxylic acid groups (broad SMARTS) is 1. The van der Waals surface area contributed by atoms with Crippen LogP contribution >= 0.6 is 0 Å². The van der Waals surface area contributed by atoms with Crippen LogP contribution in [0.4, 0.5) is 0 Å². The van der Waals surface area contributed by atoms with Crippen LogP contribution in [0.2, 0.25) is 0 Å². The Morgan fingerprint density at radius 1 is 1.31 bits per heavy atom. The van der Waals surface area contributed by atoms with Crippen LogP contribution in [0.1, 0.15) is 18.1 Å². The van der Waals surface area contributed by atoms with Gasteiger partial charge in [-0.05, 0) is 33.5 Å². The molecule has 0 spiro atoms. The van der Waals surface area contributed by atoms with Crippen molar-refractivity contribution < 1.29 is 9.90 Å². The maximum atomic E-state index is 11.3. The molecule has 0 aromatic heterocycles. The van der Waals surface area contributed by atoms with Crippen LogP contribution in [-0.4, -0.2) is 35.6 Å². The molecule has 88 valence electrons. The first-order chi connectivity index (χ1) is 7.36. The quantitative estimate of drug-likeness (QED) is 0.844. The first-order valence-corrected chi connectivity index (χ1v) is 5.32. The SMILES string of the molecule is Cc1ccc(CC(C)(C(=O)O)N(C)C)cc1. The average molecular weight is 221 g/mol. The third-order valence-corrected chi connectivity index (χ3v) is 3.12. The zero-order valence-electron chi connectivity index (χ0n) is 10.3. The highest BCUT2D eigenvalue weighted by atomic mass is 16.4. The normalized spacial score (nSPS) is 14.8. The molecule has 0 bridgehead atoms. The molecule has 0 aliphatic heterocycles. The highest BCUT2D eigenvalue weighted by Gasteiger charge is 2.35. The van der Waals surface area contributed by atoms with Crippen LogP contribution in [0.3, 0.4) is 0 Å². The van der Waals surface area contributed by atoms with Crippen LogP contribution in [0.5, 0.6) is 0 Å². The van der Waals surface area contributed by atoms with Gasteiger partial charge in [0.25, 0.3) is 0 Å². The minimum Gasteiger partial charge on any atom is -0.480 e. The van der Waals surface area contributed by atoms with Crippen molar-refractivity contribution in [2.24, 2.45) is 0 Å². The Morgan fingerprint density at radius 2 is 1.81 bits per heavy atom. The van der Waals surface area contributed by atoms with Crippen molar-refractivity contribution in [3.8, 4) is 0 Å². The van der Waals surface area contributed by atoms with Gasteiger partial charge in [0, 0.05) is 6.42 Å². The van der Waals surface area contributed by atoms with Gasteiger partial charge >= 0.3 is 5.97 Å². The Bertz CT molecular complexity index is 370. The van der Waals surface area contributed by atoms with Crippen LogP contribution in [0, 0.1) is 6.92 Å². The number of benzene rings is 1. The molecule has 1 N–H and O–H groups in total. The van der Waals surface area contributed by atoms with Gasteiger partial charge in [-0.25, -0.2) is 0 Å². The van der Waals surface area contributed by atoms with E-state index in [0.29, 0.717) is 6.42 Å². The molecule has 0 amide bonds. The van der Waals surface area contributed by atoms with Gasteiger partial charge in [-0.2, -0.15) is 0 Å². The molecule has 16 heavy (non-hydrogen) atoms. The predicted octanol–water partition coefficient (Wildman–Crippen LogP) is 1.94. The number of carboxylic acids is 1. The highest BCUT2D eigenvalue weighted by Crippen LogP contribution is 2.19. The maximum Gasteiger partial charge on any atom is 0.324 e. The molecule has 1 aromatic rings. The molecule has 3 heteroatoms. The van der Waals surface area contributed by atoms with E-state index in [1.54, 1.807) is 25.9 Å². The molecule has 0 aliphatic carbocycles. The Morgan fingerprint density at radius 3 is 2.19 bits per heavy atom. The summed E-state index contributed by atoms with van der Waals surface area (Å²) in [5.41, 5.74) is 1.38. The van der Waals surface area contributed by atoms with E-state index < -0.39 is 11.5 Å². The average Bonchev–Trinajstić information content (AvgIpc) is 2.20. The maximum absolute atomic E-state index is 11.3. The molecule has 1 unspecified atom stereocenters. The molecule has 1 aromatic carbocycles. The molecule has 0 saturated heterocycles. The number of nitrogens with zero attached hydrogens (tertiary/aromatic N) is 1. The van der Waals surface area contributed by atoms with E-state index in [9.17, 15) is 9.90 Å². The first-order valence-electron chi connectivity index (χ1n) is 5.32. The summed E-state index contributed by atoms with van der Waals surface area (Å²) in [5, 5.41) is 9.28. The van der Waals surface area contributed by atoms with Crippen LogP contribution in [-0.2, 0) is 11.2 Å². The largest absolute Gasteiger partial charge is 0.480 e. The van der Waals surface area contributed by atoms with E-state index in [-0.39, 0.29) is 0 Å². The molecule has 1 rings (SSSR count). The van der Waals surface area contributed by atoms with Crippen molar-refractivity contribution in [1.29, 1.82) is 0 Å². The monoisotopic (exact) mass is 221 g/mol. The summed E-state index contributed by atoms with van der Waals surface area (Å²) >= 11 is 0. The van der Waals surface area contributed by atoms with Crippen molar-refractivity contribution in [3.63, 3.8) is 0 Å². The molecule has 0 fully saturated rings. The number of aliphatic carboxylic acids is 1. The summed E-state index contributed by atoms with van der Waals surface area (Å²) in [6.45, 7) is 3.77. The number of hydrogen-bond donors (Lipinski definition) is 1. The second-order valence-electron chi connectivity index (χ2n) is 4.64. The third-order valence-electron chi connectivity index (χ3n) is 3.12. The van der Waals surface area contributed by atoms with Crippen LogP contribution in [0.15, 0.2) is 24.3 Å². The van der Waals surface area contributed by atoms with Crippen LogP contribution < -0.4 is 0 Å². The van der Waals surface area contributed by atoms with E-state index in [1.807, 2.05) is 31.2 Å². The fraction of sp³-hybridized carbons (Fsp3) is 0.462. The summed E-state index contributed by atoms with van der Waals surface area (Å²) in [6.07, 6.45) is 0.510. The minimum atomic E-state index is -0.852. The molecule has 1 atom stereocenters. The molecule has 3 nitrogen and oxygen atoms in total. The summed E-state index contributed by atoms with van der Waals surface area (Å²) in [6, 6.07) is 7.99. The lowest BCUT2D eigenvalue weighted by atomic mass is 9.91. The standard InChI is InChI=1S/C13H19NO2/c1-10-5-7-11(8-6-10)9-13(2,12(15)16)14(3)4/h5-8H,9H2,1-4H3,(H,15,16). The second kappa shape index (κ2) is 4.66. The molecular weight excluding hydrogens is 202 g/mol. The van der Waals surface area contributed by atoms with E-state index >= 15 is 0 Å². The summed E-state index contributed by atoms with van der Waals surface area (Å²) in [5.74, 6) is -0.793. The smallest absolute Gasteiger partial charge is 0.324 e. The van der Waals surface area contributed by atoms with Crippen molar-refractivity contribution in [2.75, 3.05) is 14.1 Å². The number of hydrogen-bond acceptors (Lipinski definition) is 2. The Balaban J connectivity index is 2.93. The lowest BCUT2D eigenvalue weighted by molar-refractivity contribution is -0.148. The highest BCUT2D eigenvalue weighted by molar-refractivity contribution is 5.78. The summed E-state index contributed by atoms with van der Waals surface area (Å²) in [4.78, 5) is 13.0. The van der Waals surface area contributed by atoms with Crippen molar-refractivity contribution >= 4 is 5.97 Å². The van der Waals surface area contributed by atoms with E-state index in [4.69, 9.17) is 0 Å². The number of aryl methyl sites for hydroxylation is 1. The molecule has 0 radical (unpaired) electrons. The topological polar surface area (TPSA) is 40.5 Å². The number of rotatable bonds is 4. The van der Waals surface area contributed by atoms with Crippen molar-refractivity contribution in [1.82, 2.24) is 4.90 Å². The summed E-state index contributed by atoms with van der Waals surface area (Å²) in [7, 11) is 3.59. The molecule has 0 aliphatic rings. The lowest BCUT2D eigenvalue weighted by Crippen LogP contribution is -2.50. The minimum absolute atomic E-state index is 0.510. The first kappa shape index (κ1) is 12.7. The Hall–Kier alpha value is -1.35. The van der Waals surface area contributed by atoms with Crippen molar-refractivity contribution in [3.05, 3.63) is 35.4 Å². The van der Waals surface area contributed by atoms with Gasteiger partial charge in [0.1, 0.15) is 5.54 Å². The second-order valence-corrected chi connectivity index (χ2v) is 4.64. The zero-order valence-corrected chi connectivity index (χ0v) is 10.3. The Labute approximate surface area is 96.7 Å². The lowest BCUT2D eigenvalue weighted by Gasteiger charge is -2.32. The third kappa shape index (κ3) is 2.61. The van der Waals surface area contributed by atoms with Gasteiger partial charge < -0.3 is 5.11 Å². The molecular formula is C13H19NO2. The summed E-state index contributed by atoms with van der Waals surface area (Å²) < 4.78 is 0. The van der Waals surface area contributed by atoms with Crippen LogP contribution in [0.25, 0.3) is 0 Å². The molecule has 0 heterocycles. The Kier molecular flexibility index (Phi) is 3.70. The van der Waals surface area contributed by atoms with Gasteiger partial charge in [0.2, 0.25) is 0 Å². The van der Waals surface area contributed by atoms with Gasteiger partial charge in [0.15, 0.2) is 0 Å². The number of carbonyl (C=O) groups is 1. The zero-order chi connectivity index (χ0) is 12.3. The van der Waals surface area contributed by atoms with Crippen molar-refractivity contribution in [2.45, 2.75) is 25.8 Å². The fourth-order valence-corrected chi connectivity index (χ4v) is 1.53. The number of likely N-dealkylation sites (N-methyl/N-ethyl adjacent to an activating group) is 1. The van der Waals surface area contributed by atoms with Gasteiger partial charge in [-0.15, -0.1) is 0 Å². The van der Waals surface area contributed by atoms with Gasteiger partial charge in [-0.1, -0.05) is 29.8 Å². The van der Waals surface area contributed by atoms with Gasteiger partial charge in [-0.3, -0.25) is 9.69 Å². The van der Waals surface area contributed by atoms with Gasteiger partial charge in [0.05, 0.1) is 0 Å². The molecule has 0 saturated carbocycles.